The van der Waals surface area contributed by atoms with Gasteiger partial charge in [-0.1, -0.05) is 0 Å². The van der Waals surface area contributed by atoms with Gasteiger partial charge >= 0.3 is 0 Å². The zero-order valence-electron chi connectivity index (χ0n) is 11.3. The molecule has 1 heterocycles. The Balaban J connectivity index is 2.11. The molecule has 0 saturated carbocycles. The van der Waals surface area contributed by atoms with E-state index in [0.717, 1.165) is 31.4 Å². The number of aryl methyl sites for hydroxylation is 1. The van der Waals surface area contributed by atoms with Crippen molar-refractivity contribution in [3.05, 3.63) is 24.2 Å². The molecule has 0 fully saturated rings. The standard InChI is InChI=1S/C14H24N2O2/c1-11(15)5-3-7-14(17)16-12(2)8-9-13-6-4-10-18-13/h4,6,10-12H,3,5,7-9,15H2,1-2H3,(H,16,17). The van der Waals surface area contributed by atoms with Gasteiger partial charge < -0.3 is 15.5 Å². The average Bonchev–Trinajstić information content (AvgIpc) is 2.78. The summed E-state index contributed by atoms with van der Waals surface area (Å²) in [5.74, 6) is 1.08. The lowest BCUT2D eigenvalue weighted by Gasteiger charge is -2.13. The van der Waals surface area contributed by atoms with E-state index < -0.39 is 0 Å². The van der Waals surface area contributed by atoms with E-state index in [0.29, 0.717) is 6.42 Å². The highest BCUT2D eigenvalue weighted by Gasteiger charge is 2.08. The van der Waals surface area contributed by atoms with Gasteiger partial charge in [0.25, 0.3) is 0 Å². The summed E-state index contributed by atoms with van der Waals surface area (Å²) in [6.07, 6.45) is 5.74. The lowest BCUT2D eigenvalue weighted by Crippen LogP contribution is -2.32. The Morgan fingerprint density at radius 1 is 1.44 bits per heavy atom. The molecule has 0 aliphatic carbocycles. The van der Waals surface area contributed by atoms with Crippen LogP contribution >= 0.6 is 0 Å². The van der Waals surface area contributed by atoms with Crippen molar-refractivity contribution in [2.45, 2.75) is 58.0 Å². The minimum atomic E-state index is 0.114. The summed E-state index contributed by atoms with van der Waals surface area (Å²) in [6, 6.07) is 4.19. The maximum absolute atomic E-state index is 11.6. The molecule has 0 spiro atoms. The summed E-state index contributed by atoms with van der Waals surface area (Å²) in [6.45, 7) is 3.98. The van der Waals surface area contributed by atoms with Crippen molar-refractivity contribution < 1.29 is 9.21 Å². The number of nitrogens with one attached hydrogen (secondary N) is 1. The van der Waals surface area contributed by atoms with E-state index in [1.807, 2.05) is 26.0 Å². The van der Waals surface area contributed by atoms with Gasteiger partial charge in [0.2, 0.25) is 5.91 Å². The van der Waals surface area contributed by atoms with E-state index in [1.165, 1.54) is 0 Å². The molecule has 0 aliphatic rings. The fourth-order valence-corrected chi connectivity index (χ4v) is 1.82. The first-order valence-corrected chi connectivity index (χ1v) is 6.65. The topological polar surface area (TPSA) is 68.3 Å². The molecule has 102 valence electrons. The van der Waals surface area contributed by atoms with E-state index in [2.05, 4.69) is 5.32 Å². The first-order valence-electron chi connectivity index (χ1n) is 6.65. The fraction of sp³-hybridized carbons (Fsp3) is 0.643. The Morgan fingerprint density at radius 3 is 2.83 bits per heavy atom. The van der Waals surface area contributed by atoms with Crippen LogP contribution in [0.1, 0.15) is 45.3 Å². The molecule has 1 rings (SSSR count). The summed E-state index contributed by atoms with van der Waals surface area (Å²) >= 11 is 0. The number of carbonyl (C=O) groups is 1. The summed E-state index contributed by atoms with van der Waals surface area (Å²) in [5.41, 5.74) is 5.64. The quantitative estimate of drug-likeness (QED) is 0.745. The number of amides is 1. The lowest BCUT2D eigenvalue weighted by molar-refractivity contribution is -0.121. The third kappa shape index (κ3) is 6.45. The van der Waals surface area contributed by atoms with Crippen molar-refractivity contribution in [3.8, 4) is 0 Å². The largest absolute Gasteiger partial charge is 0.469 e. The van der Waals surface area contributed by atoms with Crippen LogP contribution in [0.25, 0.3) is 0 Å². The van der Waals surface area contributed by atoms with Crippen molar-refractivity contribution >= 4 is 5.91 Å². The van der Waals surface area contributed by atoms with Gasteiger partial charge in [-0.2, -0.15) is 0 Å². The van der Waals surface area contributed by atoms with E-state index >= 15 is 0 Å². The molecular weight excluding hydrogens is 228 g/mol. The molecule has 0 saturated heterocycles. The Labute approximate surface area is 109 Å². The SMILES string of the molecule is CC(N)CCCC(=O)NC(C)CCc1ccco1. The van der Waals surface area contributed by atoms with Crippen LogP contribution in [0.15, 0.2) is 22.8 Å². The smallest absolute Gasteiger partial charge is 0.220 e. The van der Waals surface area contributed by atoms with Crippen LogP contribution in [0, 0.1) is 0 Å². The van der Waals surface area contributed by atoms with Crippen molar-refractivity contribution in [2.24, 2.45) is 5.73 Å². The Bertz CT molecular complexity index is 334. The highest BCUT2D eigenvalue weighted by atomic mass is 16.3. The summed E-state index contributed by atoms with van der Waals surface area (Å²) in [4.78, 5) is 11.6. The van der Waals surface area contributed by atoms with Crippen molar-refractivity contribution in [1.82, 2.24) is 5.32 Å². The molecule has 0 radical (unpaired) electrons. The van der Waals surface area contributed by atoms with Gasteiger partial charge in [0, 0.05) is 24.9 Å². The molecule has 0 bridgehead atoms. The number of nitrogens with two attached hydrogens (primary N) is 1. The predicted molar refractivity (Wildman–Crippen MR) is 72.1 cm³/mol. The monoisotopic (exact) mass is 252 g/mol. The normalized spacial score (nSPS) is 14.2. The zero-order valence-corrected chi connectivity index (χ0v) is 11.3. The van der Waals surface area contributed by atoms with Gasteiger partial charge in [-0.3, -0.25) is 4.79 Å². The lowest BCUT2D eigenvalue weighted by atomic mass is 10.1. The second kappa shape index (κ2) is 7.93. The van der Waals surface area contributed by atoms with Crippen LogP contribution in [-0.4, -0.2) is 18.0 Å². The minimum Gasteiger partial charge on any atom is -0.469 e. The second-order valence-corrected chi connectivity index (χ2v) is 4.96. The molecule has 1 amide bonds. The molecule has 1 aromatic heterocycles. The van der Waals surface area contributed by atoms with Crippen molar-refractivity contribution in [2.75, 3.05) is 0 Å². The Kier molecular flexibility index (Phi) is 6.50. The highest BCUT2D eigenvalue weighted by molar-refractivity contribution is 5.76. The molecule has 1 aromatic rings. The van der Waals surface area contributed by atoms with E-state index in [4.69, 9.17) is 10.2 Å². The van der Waals surface area contributed by atoms with Crippen LogP contribution < -0.4 is 11.1 Å². The van der Waals surface area contributed by atoms with E-state index in [-0.39, 0.29) is 18.0 Å². The van der Waals surface area contributed by atoms with Crippen molar-refractivity contribution in [3.63, 3.8) is 0 Å². The van der Waals surface area contributed by atoms with Gasteiger partial charge in [0.1, 0.15) is 5.76 Å². The minimum absolute atomic E-state index is 0.114. The number of carbonyl (C=O) groups excluding carboxylic acids is 1. The zero-order chi connectivity index (χ0) is 13.4. The van der Waals surface area contributed by atoms with Gasteiger partial charge in [-0.25, -0.2) is 0 Å². The molecule has 4 heteroatoms. The van der Waals surface area contributed by atoms with E-state index in [1.54, 1.807) is 6.26 Å². The van der Waals surface area contributed by atoms with Crippen LogP contribution in [-0.2, 0) is 11.2 Å². The molecular formula is C14H24N2O2. The molecule has 2 atom stereocenters. The maximum Gasteiger partial charge on any atom is 0.220 e. The average molecular weight is 252 g/mol. The maximum atomic E-state index is 11.6. The van der Waals surface area contributed by atoms with Crippen LogP contribution in [0.5, 0.6) is 0 Å². The summed E-state index contributed by atoms with van der Waals surface area (Å²) in [7, 11) is 0. The number of hydrogen-bond acceptors (Lipinski definition) is 3. The molecule has 4 nitrogen and oxygen atoms in total. The van der Waals surface area contributed by atoms with Gasteiger partial charge in [0.05, 0.1) is 6.26 Å². The van der Waals surface area contributed by atoms with Crippen LogP contribution in [0.2, 0.25) is 0 Å². The van der Waals surface area contributed by atoms with Crippen molar-refractivity contribution in [1.29, 1.82) is 0 Å². The third-order valence-electron chi connectivity index (χ3n) is 2.87. The first kappa shape index (κ1) is 14.8. The first-order chi connectivity index (χ1) is 8.58. The van der Waals surface area contributed by atoms with Gasteiger partial charge in [-0.05, 0) is 45.2 Å². The van der Waals surface area contributed by atoms with Crippen LogP contribution in [0.4, 0.5) is 0 Å². The number of hydrogen-bond donors (Lipinski definition) is 2. The predicted octanol–water partition coefficient (Wildman–Crippen LogP) is 2.23. The molecule has 0 aliphatic heterocycles. The molecule has 0 aromatic carbocycles. The molecule has 18 heavy (non-hydrogen) atoms. The molecule has 3 N–H and O–H groups in total. The highest BCUT2D eigenvalue weighted by Crippen LogP contribution is 2.06. The second-order valence-electron chi connectivity index (χ2n) is 4.96. The summed E-state index contributed by atoms with van der Waals surface area (Å²) < 4.78 is 5.25. The number of rotatable bonds is 8. The third-order valence-corrected chi connectivity index (χ3v) is 2.87. The fourth-order valence-electron chi connectivity index (χ4n) is 1.82. The Morgan fingerprint density at radius 2 is 2.22 bits per heavy atom. The van der Waals surface area contributed by atoms with E-state index in [9.17, 15) is 4.79 Å². The number of furan rings is 1. The van der Waals surface area contributed by atoms with Gasteiger partial charge in [-0.15, -0.1) is 0 Å². The van der Waals surface area contributed by atoms with Gasteiger partial charge in [0.15, 0.2) is 0 Å². The Hall–Kier alpha value is -1.29. The summed E-state index contributed by atoms with van der Waals surface area (Å²) in [5, 5.41) is 2.99. The molecule has 2 unspecified atom stereocenters. The van der Waals surface area contributed by atoms with Crippen LogP contribution in [0.3, 0.4) is 0 Å².